The number of hydrogen-bond donors (Lipinski definition) is 2. The molecule has 2 amide bonds. The monoisotopic (exact) mass is 375 g/mol. The number of thioether (sulfide) groups is 1. The largest absolute Gasteiger partial charge is 0.365 e. The number of carbonyl (C=O) groups excluding carboxylic acids is 2. The van der Waals surface area contributed by atoms with E-state index in [0.29, 0.717) is 16.1 Å². The summed E-state index contributed by atoms with van der Waals surface area (Å²) in [5, 5.41) is 3.45. The standard InChI is InChI=1S/C18H21N3O2S2/c1-3-21-9-8-13-14(10-21)25-18(15(13)16(19)22)20-17(23)11-4-6-12(24-2)7-5-11/h4-7H,3,8-10H2,1-2H3,(H2,19,22)(H,20,23). The summed E-state index contributed by atoms with van der Waals surface area (Å²) < 4.78 is 0. The lowest BCUT2D eigenvalue weighted by Crippen LogP contribution is -2.30. The zero-order valence-corrected chi connectivity index (χ0v) is 15.9. The molecule has 0 bridgehead atoms. The Hall–Kier alpha value is -1.83. The first-order chi connectivity index (χ1) is 12.0. The molecule has 5 nitrogen and oxygen atoms in total. The van der Waals surface area contributed by atoms with Crippen molar-refractivity contribution in [3.05, 3.63) is 45.8 Å². The predicted octanol–water partition coefficient (Wildman–Crippen LogP) is 3.20. The number of benzene rings is 1. The summed E-state index contributed by atoms with van der Waals surface area (Å²) in [7, 11) is 0. The second kappa shape index (κ2) is 7.59. The van der Waals surface area contributed by atoms with Gasteiger partial charge in [0.15, 0.2) is 0 Å². The van der Waals surface area contributed by atoms with Crippen molar-refractivity contribution in [1.82, 2.24) is 4.90 Å². The van der Waals surface area contributed by atoms with E-state index < -0.39 is 5.91 Å². The molecule has 0 saturated carbocycles. The number of likely N-dealkylation sites (N-methyl/N-ethyl adjacent to an activating group) is 1. The molecule has 0 aliphatic carbocycles. The topological polar surface area (TPSA) is 75.4 Å². The minimum absolute atomic E-state index is 0.221. The fraction of sp³-hybridized carbons (Fsp3) is 0.333. The van der Waals surface area contributed by atoms with E-state index in [-0.39, 0.29) is 5.91 Å². The van der Waals surface area contributed by atoms with E-state index in [4.69, 9.17) is 5.73 Å². The van der Waals surface area contributed by atoms with Crippen LogP contribution in [0.1, 0.15) is 38.1 Å². The predicted molar refractivity (Wildman–Crippen MR) is 104 cm³/mol. The zero-order chi connectivity index (χ0) is 18.0. The first-order valence-corrected chi connectivity index (χ1v) is 10.2. The number of primary amides is 1. The molecule has 0 unspecified atom stereocenters. The number of hydrogen-bond acceptors (Lipinski definition) is 5. The number of thiophene rings is 1. The van der Waals surface area contributed by atoms with Crippen molar-refractivity contribution in [3.8, 4) is 0 Å². The van der Waals surface area contributed by atoms with Crippen LogP contribution in [0.4, 0.5) is 5.00 Å². The molecule has 132 valence electrons. The summed E-state index contributed by atoms with van der Waals surface area (Å²) in [6.45, 7) is 4.79. The van der Waals surface area contributed by atoms with Crippen LogP contribution >= 0.6 is 23.1 Å². The highest BCUT2D eigenvalue weighted by atomic mass is 32.2. The molecule has 7 heteroatoms. The van der Waals surface area contributed by atoms with E-state index in [1.165, 1.54) is 11.3 Å². The van der Waals surface area contributed by atoms with Gasteiger partial charge < -0.3 is 11.1 Å². The Balaban J connectivity index is 1.87. The maximum absolute atomic E-state index is 12.5. The maximum Gasteiger partial charge on any atom is 0.256 e. The SMILES string of the molecule is CCN1CCc2c(sc(NC(=O)c3ccc(SC)cc3)c2C(N)=O)C1. The average molecular weight is 376 g/mol. The summed E-state index contributed by atoms with van der Waals surface area (Å²) >= 11 is 3.09. The molecular weight excluding hydrogens is 354 g/mol. The molecule has 1 aromatic heterocycles. The van der Waals surface area contributed by atoms with Gasteiger partial charge in [-0.05, 0) is 49.1 Å². The Labute approximate surface area is 155 Å². The van der Waals surface area contributed by atoms with Crippen molar-refractivity contribution in [3.63, 3.8) is 0 Å². The Bertz CT molecular complexity index is 799. The van der Waals surface area contributed by atoms with Crippen LogP contribution < -0.4 is 11.1 Å². The first kappa shape index (κ1) is 18.0. The van der Waals surface area contributed by atoms with Gasteiger partial charge in [-0.15, -0.1) is 23.1 Å². The molecule has 1 aliphatic rings. The third-order valence-electron chi connectivity index (χ3n) is 4.41. The van der Waals surface area contributed by atoms with Gasteiger partial charge in [0.25, 0.3) is 11.8 Å². The molecule has 1 aliphatic heterocycles. The van der Waals surface area contributed by atoms with Gasteiger partial charge in [0, 0.05) is 28.4 Å². The second-order valence-corrected chi connectivity index (χ2v) is 7.86. The van der Waals surface area contributed by atoms with Crippen molar-refractivity contribution in [2.75, 3.05) is 24.7 Å². The average Bonchev–Trinajstić information content (AvgIpc) is 2.98. The molecule has 1 aromatic carbocycles. The highest BCUT2D eigenvalue weighted by molar-refractivity contribution is 7.98. The second-order valence-electron chi connectivity index (χ2n) is 5.87. The van der Waals surface area contributed by atoms with Crippen LogP contribution in [0.3, 0.4) is 0 Å². The summed E-state index contributed by atoms with van der Waals surface area (Å²) in [5.74, 6) is -0.698. The van der Waals surface area contributed by atoms with Crippen LogP contribution in [0.2, 0.25) is 0 Å². The number of fused-ring (bicyclic) bond motifs is 1. The maximum atomic E-state index is 12.5. The number of rotatable bonds is 5. The van der Waals surface area contributed by atoms with E-state index in [9.17, 15) is 9.59 Å². The van der Waals surface area contributed by atoms with E-state index in [1.807, 2.05) is 18.4 Å². The Morgan fingerprint density at radius 2 is 2.04 bits per heavy atom. The molecule has 25 heavy (non-hydrogen) atoms. The molecule has 2 aromatic rings. The third kappa shape index (κ3) is 3.73. The van der Waals surface area contributed by atoms with Crippen LogP contribution in [0, 0.1) is 0 Å². The van der Waals surface area contributed by atoms with Crippen LogP contribution in [-0.2, 0) is 13.0 Å². The van der Waals surface area contributed by atoms with Crippen molar-refractivity contribution >= 4 is 39.9 Å². The van der Waals surface area contributed by atoms with E-state index >= 15 is 0 Å². The lowest BCUT2D eigenvalue weighted by Gasteiger charge is -2.25. The van der Waals surface area contributed by atoms with E-state index in [0.717, 1.165) is 41.4 Å². The molecule has 2 heterocycles. The molecular formula is C18H21N3O2S2. The van der Waals surface area contributed by atoms with Crippen molar-refractivity contribution in [2.45, 2.75) is 24.8 Å². The minimum atomic E-state index is -0.476. The van der Waals surface area contributed by atoms with Crippen LogP contribution in [0.5, 0.6) is 0 Å². The highest BCUT2D eigenvalue weighted by Gasteiger charge is 2.27. The zero-order valence-electron chi connectivity index (χ0n) is 14.3. The molecule has 3 rings (SSSR count). The smallest absolute Gasteiger partial charge is 0.256 e. The van der Waals surface area contributed by atoms with Gasteiger partial charge in [0.1, 0.15) is 5.00 Å². The van der Waals surface area contributed by atoms with Crippen molar-refractivity contribution in [2.24, 2.45) is 5.73 Å². The summed E-state index contributed by atoms with van der Waals surface area (Å²) in [6, 6.07) is 7.40. The van der Waals surface area contributed by atoms with Crippen molar-refractivity contribution in [1.29, 1.82) is 0 Å². The molecule has 3 N–H and O–H groups in total. The lowest BCUT2D eigenvalue weighted by molar-refractivity contribution is 0.1000. The molecule has 0 spiro atoms. The normalized spacial score (nSPS) is 14.2. The van der Waals surface area contributed by atoms with Gasteiger partial charge >= 0.3 is 0 Å². The number of nitrogens with one attached hydrogen (secondary N) is 1. The van der Waals surface area contributed by atoms with Gasteiger partial charge in [0.05, 0.1) is 5.56 Å². The summed E-state index contributed by atoms with van der Waals surface area (Å²) in [4.78, 5) is 29.1. The van der Waals surface area contributed by atoms with E-state index in [2.05, 4.69) is 17.1 Å². The quantitative estimate of drug-likeness (QED) is 0.787. The first-order valence-electron chi connectivity index (χ1n) is 8.15. The van der Waals surface area contributed by atoms with E-state index in [1.54, 1.807) is 23.9 Å². The van der Waals surface area contributed by atoms with Gasteiger partial charge in [-0.1, -0.05) is 6.92 Å². The van der Waals surface area contributed by atoms with Crippen molar-refractivity contribution < 1.29 is 9.59 Å². The van der Waals surface area contributed by atoms with Gasteiger partial charge in [-0.25, -0.2) is 0 Å². The Kier molecular flexibility index (Phi) is 5.46. The minimum Gasteiger partial charge on any atom is -0.365 e. The van der Waals surface area contributed by atoms with Crippen LogP contribution in [0.15, 0.2) is 29.2 Å². The van der Waals surface area contributed by atoms with Gasteiger partial charge in [-0.3, -0.25) is 14.5 Å². The highest BCUT2D eigenvalue weighted by Crippen LogP contribution is 2.37. The number of nitrogens with two attached hydrogens (primary N) is 1. The fourth-order valence-corrected chi connectivity index (χ4v) is 4.69. The Morgan fingerprint density at radius 3 is 2.64 bits per heavy atom. The van der Waals surface area contributed by atoms with Crippen LogP contribution in [-0.4, -0.2) is 36.1 Å². The van der Waals surface area contributed by atoms with Gasteiger partial charge in [0.2, 0.25) is 0 Å². The molecule has 0 atom stereocenters. The fourth-order valence-electron chi connectivity index (χ4n) is 2.99. The van der Waals surface area contributed by atoms with Gasteiger partial charge in [-0.2, -0.15) is 0 Å². The lowest BCUT2D eigenvalue weighted by atomic mass is 10.0. The number of nitrogens with zero attached hydrogens (tertiary/aromatic N) is 1. The van der Waals surface area contributed by atoms with Crippen LogP contribution in [0.25, 0.3) is 0 Å². The number of anilines is 1. The molecule has 0 saturated heterocycles. The summed E-state index contributed by atoms with van der Waals surface area (Å²) in [5.41, 5.74) is 7.64. The third-order valence-corrected chi connectivity index (χ3v) is 6.28. The number of carbonyl (C=O) groups is 2. The molecule has 0 fully saturated rings. The Morgan fingerprint density at radius 1 is 1.32 bits per heavy atom. The molecule has 0 radical (unpaired) electrons. The summed E-state index contributed by atoms with van der Waals surface area (Å²) in [6.07, 6.45) is 2.78. The number of amides is 2.